The molecule has 6 nitrogen and oxygen atoms in total. The van der Waals surface area contributed by atoms with Crippen molar-refractivity contribution in [3.8, 4) is 5.69 Å². The molecule has 118 valence electrons. The summed E-state index contributed by atoms with van der Waals surface area (Å²) in [7, 11) is 0. The highest BCUT2D eigenvalue weighted by Crippen LogP contribution is 2.20. The van der Waals surface area contributed by atoms with Crippen molar-refractivity contribution >= 4 is 0 Å². The molecule has 1 aliphatic heterocycles. The van der Waals surface area contributed by atoms with Gasteiger partial charge in [0.15, 0.2) is 0 Å². The van der Waals surface area contributed by atoms with Gasteiger partial charge in [-0.1, -0.05) is 18.2 Å². The number of rotatable bonds is 5. The molecule has 4 rings (SSSR count). The van der Waals surface area contributed by atoms with Crippen LogP contribution >= 0.6 is 0 Å². The normalized spacial score (nSPS) is 18.5. The summed E-state index contributed by atoms with van der Waals surface area (Å²) in [4.78, 5) is 4.19. The Morgan fingerprint density at radius 1 is 1.09 bits per heavy atom. The second-order valence-electron chi connectivity index (χ2n) is 5.96. The first-order valence-electron chi connectivity index (χ1n) is 8.06. The van der Waals surface area contributed by atoms with Gasteiger partial charge in [-0.2, -0.15) is 20.1 Å². The third-order valence-corrected chi connectivity index (χ3v) is 4.35. The molecule has 3 heterocycles. The molecule has 0 amide bonds. The van der Waals surface area contributed by atoms with Crippen LogP contribution in [0.3, 0.4) is 0 Å². The van der Waals surface area contributed by atoms with E-state index in [1.54, 1.807) is 4.80 Å². The molecule has 1 aliphatic rings. The van der Waals surface area contributed by atoms with Crippen molar-refractivity contribution in [1.82, 2.24) is 29.7 Å². The van der Waals surface area contributed by atoms with Gasteiger partial charge in [-0.3, -0.25) is 9.58 Å². The van der Waals surface area contributed by atoms with Gasteiger partial charge in [-0.15, -0.1) is 0 Å². The van der Waals surface area contributed by atoms with Gasteiger partial charge >= 0.3 is 0 Å². The van der Waals surface area contributed by atoms with Crippen molar-refractivity contribution in [1.29, 1.82) is 0 Å². The molecule has 0 saturated carbocycles. The summed E-state index contributed by atoms with van der Waals surface area (Å²) >= 11 is 0. The van der Waals surface area contributed by atoms with E-state index >= 15 is 0 Å². The van der Waals surface area contributed by atoms with Crippen molar-refractivity contribution in [3.05, 3.63) is 60.7 Å². The average Bonchev–Trinajstić information content (AvgIpc) is 3.33. The van der Waals surface area contributed by atoms with E-state index in [2.05, 4.69) is 20.2 Å². The van der Waals surface area contributed by atoms with Crippen molar-refractivity contribution in [2.75, 3.05) is 6.54 Å². The Balaban J connectivity index is 1.44. The molecule has 0 N–H and O–H groups in total. The molecule has 0 spiro atoms. The standard InChI is InChI=1S/C17H20N6/c1-2-6-16(7-3-1)23-19-12-15(20-23)13-21-10-4-8-17(21)14-22-11-5-9-18-22/h1-3,5-7,9,11-12,17H,4,8,10,13-14H2/t17-/m1/s1. The highest BCUT2D eigenvalue weighted by molar-refractivity contribution is 5.28. The molecule has 3 aromatic rings. The Kier molecular flexibility index (Phi) is 3.90. The van der Waals surface area contributed by atoms with E-state index < -0.39 is 0 Å². The molecular weight excluding hydrogens is 288 g/mol. The first-order chi connectivity index (χ1) is 11.4. The molecule has 0 unspecified atom stereocenters. The summed E-state index contributed by atoms with van der Waals surface area (Å²) in [5.41, 5.74) is 2.01. The van der Waals surface area contributed by atoms with E-state index in [1.165, 1.54) is 12.8 Å². The first kappa shape index (κ1) is 14.1. The lowest BCUT2D eigenvalue weighted by molar-refractivity contribution is 0.216. The Hall–Kier alpha value is -2.47. The molecule has 0 aliphatic carbocycles. The number of hydrogen-bond acceptors (Lipinski definition) is 4. The SMILES string of the molecule is c1ccc(-n2ncc(CN3CCC[C@@H]3Cn3cccn3)n2)cc1. The maximum atomic E-state index is 4.62. The summed E-state index contributed by atoms with van der Waals surface area (Å²) in [5.74, 6) is 0. The summed E-state index contributed by atoms with van der Waals surface area (Å²) in [6, 6.07) is 12.5. The van der Waals surface area contributed by atoms with E-state index in [9.17, 15) is 0 Å². The van der Waals surface area contributed by atoms with Crippen LogP contribution in [0.4, 0.5) is 0 Å². The van der Waals surface area contributed by atoms with Gasteiger partial charge in [0, 0.05) is 25.0 Å². The summed E-state index contributed by atoms with van der Waals surface area (Å²) in [5, 5.41) is 13.3. The van der Waals surface area contributed by atoms with Gasteiger partial charge in [0.1, 0.15) is 0 Å². The zero-order chi connectivity index (χ0) is 15.5. The minimum absolute atomic E-state index is 0.525. The van der Waals surface area contributed by atoms with Crippen LogP contribution in [-0.2, 0) is 13.1 Å². The Bertz CT molecular complexity index is 734. The smallest absolute Gasteiger partial charge is 0.0971 e. The Morgan fingerprint density at radius 2 is 2.00 bits per heavy atom. The quantitative estimate of drug-likeness (QED) is 0.724. The maximum Gasteiger partial charge on any atom is 0.0971 e. The minimum Gasteiger partial charge on any atom is -0.293 e. The lowest BCUT2D eigenvalue weighted by Crippen LogP contribution is -2.32. The molecule has 1 saturated heterocycles. The largest absolute Gasteiger partial charge is 0.293 e. The maximum absolute atomic E-state index is 4.62. The zero-order valence-electron chi connectivity index (χ0n) is 13.0. The van der Waals surface area contributed by atoms with E-state index in [-0.39, 0.29) is 0 Å². The lowest BCUT2D eigenvalue weighted by atomic mass is 10.2. The Morgan fingerprint density at radius 3 is 2.83 bits per heavy atom. The number of hydrogen-bond donors (Lipinski definition) is 0. The van der Waals surface area contributed by atoms with Crippen LogP contribution in [0.25, 0.3) is 5.69 Å². The van der Waals surface area contributed by atoms with Crippen LogP contribution in [0, 0.1) is 0 Å². The predicted molar refractivity (Wildman–Crippen MR) is 87.0 cm³/mol. The van der Waals surface area contributed by atoms with Crippen LogP contribution in [0.2, 0.25) is 0 Å². The van der Waals surface area contributed by atoms with Gasteiger partial charge in [0.25, 0.3) is 0 Å². The van der Waals surface area contributed by atoms with Crippen LogP contribution in [-0.4, -0.2) is 42.3 Å². The van der Waals surface area contributed by atoms with Crippen LogP contribution in [0.5, 0.6) is 0 Å². The highest BCUT2D eigenvalue weighted by Gasteiger charge is 2.25. The van der Waals surface area contributed by atoms with E-state index in [4.69, 9.17) is 0 Å². The molecule has 6 heteroatoms. The van der Waals surface area contributed by atoms with E-state index in [1.807, 2.05) is 59.7 Å². The number of aromatic nitrogens is 5. The fraction of sp³-hybridized carbons (Fsp3) is 0.353. The minimum atomic E-state index is 0.525. The highest BCUT2D eigenvalue weighted by atomic mass is 15.5. The third kappa shape index (κ3) is 3.17. The van der Waals surface area contributed by atoms with Crippen molar-refractivity contribution in [2.24, 2.45) is 0 Å². The molecule has 1 fully saturated rings. The van der Waals surface area contributed by atoms with Gasteiger partial charge in [0.2, 0.25) is 0 Å². The summed E-state index contributed by atoms with van der Waals surface area (Å²) in [6.45, 7) is 2.91. The van der Waals surface area contributed by atoms with Crippen molar-refractivity contribution in [2.45, 2.75) is 32.0 Å². The molecule has 1 aromatic carbocycles. The molecule has 0 radical (unpaired) electrons. The van der Waals surface area contributed by atoms with E-state index in [0.29, 0.717) is 6.04 Å². The fourth-order valence-electron chi connectivity index (χ4n) is 3.20. The zero-order valence-corrected chi connectivity index (χ0v) is 13.0. The van der Waals surface area contributed by atoms with Crippen LogP contribution in [0.1, 0.15) is 18.5 Å². The van der Waals surface area contributed by atoms with Crippen molar-refractivity contribution < 1.29 is 0 Å². The second kappa shape index (κ2) is 6.34. The summed E-state index contributed by atoms with van der Waals surface area (Å²) < 4.78 is 2.02. The average molecular weight is 308 g/mol. The molecular formula is C17H20N6. The van der Waals surface area contributed by atoms with Crippen molar-refractivity contribution in [3.63, 3.8) is 0 Å². The number of nitrogens with zero attached hydrogens (tertiary/aromatic N) is 6. The third-order valence-electron chi connectivity index (χ3n) is 4.35. The molecule has 1 atom stereocenters. The molecule has 0 bridgehead atoms. The predicted octanol–water partition coefficient (Wildman–Crippen LogP) is 2.13. The fourth-order valence-corrected chi connectivity index (χ4v) is 3.20. The van der Waals surface area contributed by atoms with Crippen LogP contribution in [0.15, 0.2) is 55.0 Å². The van der Waals surface area contributed by atoms with Gasteiger partial charge in [-0.25, -0.2) is 0 Å². The van der Waals surface area contributed by atoms with Gasteiger partial charge in [0.05, 0.1) is 24.1 Å². The van der Waals surface area contributed by atoms with Gasteiger partial charge < -0.3 is 0 Å². The Labute approximate surface area is 135 Å². The lowest BCUT2D eigenvalue weighted by Gasteiger charge is -2.23. The van der Waals surface area contributed by atoms with Gasteiger partial charge in [-0.05, 0) is 37.6 Å². The topological polar surface area (TPSA) is 51.8 Å². The number of para-hydroxylation sites is 1. The first-order valence-corrected chi connectivity index (χ1v) is 8.06. The second-order valence-corrected chi connectivity index (χ2v) is 5.96. The molecule has 23 heavy (non-hydrogen) atoms. The van der Waals surface area contributed by atoms with E-state index in [0.717, 1.165) is 31.0 Å². The molecule has 2 aromatic heterocycles. The number of benzene rings is 1. The monoisotopic (exact) mass is 308 g/mol. The summed E-state index contributed by atoms with van der Waals surface area (Å²) in [6.07, 6.45) is 8.19. The van der Waals surface area contributed by atoms with Crippen LogP contribution < -0.4 is 0 Å². The number of likely N-dealkylation sites (tertiary alicyclic amines) is 1.